The van der Waals surface area contributed by atoms with Gasteiger partial charge in [0, 0.05) is 20.6 Å². The molecule has 0 aliphatic rings. The number of nitrogens with zero attached hydrogens (tertiary/aromatic N) is 1. The Balaban J connectivity index is 2.10. The van der Waals surface area contributed by atoms with Gasteiger partial charge in [0.15, 0.2) is 0 Å². The summed E-state index contributed by atoms with van der Waals surface area (Å²) < 4.78 is 24.8. The van der Waals surface area contributed by atoms with Crippen LogP contribution in [0.3, 0.4) is 0 Å². The molecule has 1 atom stereocenters. The Bertz CT molecular complexity index is 818. The quantitative estimate of drug-likeness (QED) is 0.735. The van der Waals surface area contributed by atoms with E-state index in [-0.39, 0.29) is 24.0 Å². The molecule has 0 radical (unpaired) electrons. The lowest BCUT2D eigenvalue weighted by molar-refractivity contribution is -0.122. The molecule has 0 saturated heterocycles. The molecular formula is C19H24N2O4S. The van der Waals surface area contributed by atoms with Crippen LogP contribution in [0.4, 0.5) is 0 Å². The Labute approximate surface area is 154 Å². The van der Waals surface area contributed by atoms with E-state index < -0.39 is 15.9 Å². The summed E-state index contributed by atoms with van der Waals surface area (Å²) in [4.78, 5) is 12.7. The molecule has 0 aliphatic carbocycles. The lowest BCUT2D eigenvalue weighted by Crippen LogP contribution is -2.36. The maximum Gasteiger partial charge on any atom is 0.227 e. The molecule has 2 aromatic carbocycles. The number of benzene rings is 2. The van der Waals surface area contributed by atoms with Crippen molar-refractivity contribution < 1.29 is 18.3 Å². The predicted molar refractivity (Wildman–Crippen MR) is 101 cm³/mol. The Morgan fingerprint density at radius 3 is 2.27 bits per heavy atom. The summed E-state index contributed by atoms with van der Waals surface area (Å²) in [6.07, 6.45) is 0.455. The number of carbonyl (C=O) groups excluding carboxylic acids is 1. The van der Waals surface area contributed by atoms with E-state index in [4.69, 9.17) is 0 Å². The highest BCUT2D eigenvalue weighted by molar-refractivity contribution is 7.89. The molecule has 0 aliphatic heterocycles. The lowest BCUT2D eigenvalue weighted by Gasteiger charge is -2.18. The summed E-state index contributed by atoms with van der Waals surface area (Å²) in [6.45, 7) is 0.0538. The Hall–Kier alpha value is -2.38. The van der Waals surface area contributed by atoms with Crippen LogP contribution in [0.25, 0.3) is 0 Å². The highest BCUT2D eigenvalue weighted by Crippen LogP contribution is 2.22. The monoisotopic (exact) mass is 376 g/mol. The number of hydrogen-bond donors (Lipinski definition) is 2. The number of carbonyl (C=O) groups is 1. The second kappa shape index (κ2) is 8.82. The van der Waals surface area contributed by atoms with Crippen molar-refractivity contribution in [2.45, 2.75) is 12.3 Å². The second-order valence-electron chi connectivity index (χ2n) is 6.22. The number of amides is 1. The second-order valence-corrected chi connectivity index (χ2v) is 8.53. The maximum atomic E-state index is 12.7. The van der Waals surface area contributed by atoms with E-state index in [9.17, 15) is 18.3 Å². The van der Waals surface area contributed by atoms with E-state index in [1.807, 2.05) is 30.3 Å². The van der Waals surface area contributed by atoms with Gasteiger partial charge in [0.2, 0.25) is 15.9 Å². The van der Waals surface area contributed by atoms with Crippen molar-refractivity contribution in [3.63, 3.8) is 0 Å². The van der Waals surface area contributed by atoms with Gasteiger partial charge in [-0.3, -0.25) is 4.79 Å². The van der Waals surface area contributed by atoms with Crippen LogP contribution in [-0.4, -0.2) is 50.1 Å². The van der Waals surface area contributed by atoms with Crippen molar-refractivity contribution in [1.29, 1.82) is 0 Å². The molecular weight excluding hydrogens is 352 g/mol. The molecule has 0 heterocycles. The number of aromatic hydroxyl groups is 1. The predicted octanol–water partition coefficient (Wildman–Crippen LogP) is 1.73. The van der Waals surface area contributed by atoms with E-state index in [0.29, 0.717) is 6.42 Å². The number of hydrogen-bond acceptors (Lipinski definition) is 4. The molecule has 6 nitrogen and oxygen atoms in total. The standard InChI is InChI=1S/C19H24N2O4S/c1-21(2)26(24,25)13-12-20-19(23)18(16-6-4-3-5-7-16)14-15-8-10-17(22)11-9-15/h3-11,18,22H,12-14H2,1-2H3,(H,20,23)/t18-/m0/s1. The summed E-state index contributed by atoms with van der Waals surface area (Å²) in [5, 5.41) is 12.1. The van der Waals surface area contributed by atoms with Crippen LogP contribution in [0.2, 0.25) is 0 Å². The van der Waals surface area contributed by atoms with Gasteiger partial charge in [-0.05, 0) is 29.7 Å². The highest BCUT2D eigenvalue weighted by atomic mass is 32.2. The van der Waals surface area contributed by atoms with Crippen molar-refractivity contribution in [2.24, 2.45) is 0 Å². The zero-order chi connectivity index (χ0) is 19.2. The Morgan fingerprint density at radius 1 is 1.08 bits per heavy atom. The number of phenols is 1. The van der Waals surface area contributed by atoms with Crippen molar-refractivity contribution in [3.8, 4) is 5.75 Å². The van der Waals surface area contributed by atoms with Gasteiger partial charge in [0.1, 0.15) is 5.75 Å². The van der Waals surface area contributed by atoms with Crippen LogP contribution < -0.4 is 5.32 Å². The van der Waals surface area contributed by atoms with E-state index >= 15 is 0 Å². The topological polar surface area (TPSA) is 86.7 Å². The lowest BCUT2D eigenvalue weighted by atomic mass is 9.91. The Kier molecular flexibility index (Phi) is 6.76. The van der Waals surface area contributed by atoms with Gasteiger partial charge in [0.25, 0.3) is 0 Å². The summed E-state index contributed by atoms with van der Waals surface area (Å²) in [5.74, 6) is -0.642. The smallest absolute Gasteiger partial charge is 0.227 e. The number of sulfonamides is 1. The average Bonchev–Trinajstić information content (AvgIpc) is 2.61. The third-order valence-electron chi connectivity index (χ3n) is 4.11. The zero-order valence-corrected chi connectivity index (χ0v) is 15.7. The van der Waals surface area contributed by atoms with Crippen LogP contribution in [0.5, 0.6) is 5.75 Å². The normalized spacial score (nSPS) is 12.7. The molecule has 2 N–H and O–H groups in total. The summed E-state index contributed by atoms with van der Waals surface area (Å²) >= 11 is 0. The first kappa shape index (κ1) is 19.9. The minimum atomic E-state index is -3.36. The van der Waals surface area contributed by atoms with Gasteiger partial charge < -0.3 is 10.4 Å². The molecule has 0 bridgehead atoms. The fourth-order valence-electron chi connectivity index (χ4n) is 2.52. The molecule has 0 fully saturated rings. The molecule has 0 spiro atoms. The third-order valence-corrected chi connectivity index (χ3v) is 5.94. The van der Waals surface area contributed by atoms with Crippen molar-refractivity contribution in [2.75, 3.05) is 26.4 Å². The van der Waals surface area contributed by atoms with Crippen LogP contribution in [0, 0.1) is 0 Å². The first-order chi connectivity index (χ1) is 12.3. The van der Waals surface area contributed by atoms with Crippen LogP contribution in [-0.2, 0) is 21.2 Å². The number of rotatable bonds is 8. The van der Waals surface area contributed by atoms with E-state index in [1.54, 1.807) is 24.3 Å². The molecule has 1 amide bonds. The maximum absolute atomic E-state index is 12.7. The largest absolute Gasteiger partial charge is 0.508 e. The molecule has 0 saturated carbocycles. The number of phenolic OH excluding ortho intramolecular Hbond substituents is 1. The molecule has 0 unspecified atom stereocenters. The van der Waals surface area contributed by atoms with Gasteiger partial charge in [-0.15, -0.1) is 0 Å². The molecule has 2 rings (SSSR count). The minimum Gasteiger partial charge on any atom is -0.508 e. The van der Waals surface area contributed by atoms with Gasteiger partial charge in [-0.2, -0.15) is 0 Å². The Morgan fingerprint density at radius 2 is 1.69 bits per heavy atom. The molecule has 2 aromatic rings. The third kappa shape index (κ3) is 5.57. The van der Waals surface area contributed by atoms with E-state index in [2.05, 4.69) is 5.32 Å². The highest BCUT2D eigenvalue weighted by Gasteiger charge is 2.22. The van der Waals surface area contributed by atoms with Gasteiger partial charge >= 0.3 is 0 Å². The van der Waals surface area contributed by atoms with Gasteiger partial charge in [-0.25, -0.2) is 12.7 Å². The van der Waals surface area contributed by atoms with Crippen molar-refractivity contribution in [3.05, 3.63) is 65.7 Å². The average molecular weight is 376 g/mol. The van der Waals surface area contributed by atoms with Gasteiger partial charge in [0.05, 0.1) is 11.7 Å². The number of nitrogens with one attached hydrogen (secondary N) is 1. The molecule has 7 heteroatoms. The van der Waals surface area contributed by atoms with E-state index in [1.165, 1.54) is 14.1 Å². The van der Waals surface area contributed by atoms with Crippen LogP contribution >= 0.6 is 0 Å². The zero-order valence-electron chi connectivity index (χ0n) is 14.9. The first-order valence-electron chi connectivity index (χ1n) is 8.30. The van der Waals surface area contributed by atoms with E-state index in [0.717, 1.165) is 15.4 Å². The van der Waals surface area contributed by atoms with Crippen molar-refractivity contribution >= 4 is 15.9 Å². The summed E-state index contributed by atoms with van der Waals surface area (Å²) in [7, 11) is -0.423. The first-order valence-corrected chi connectivity index (χ1v) is 9.91. The van der Waals surface area contributed by atoms with Gasteiger partial charge in [-0.1, -0.05) is 42.5 Å². The molecule has 26 heavy (non-hydrogen) atoms. The van der Waals surface area contributed by atoms with Crippen LogP contribution in [0.15, 0.2) is 54.6 Å². The molecule has 140 valence electrons. The fourth-order valence-corrected chi connectivity index (χ4v) is 3.25. The fraction of sp³-hybridized carbons (Fsp3) is 0.316. The molecule has 0 aromatic heterocycles. The van der Waals surface area contributed by atoms with Crippen LogP contribution in [0.1, 0.15) is 17.0 Å². The summed E-state index contributed by atoms with van der Waals surface area (Å²) in [6, 6.07) is 16.1. The summed E-state index contributed by atoms with van der Waals surface area (Å²) in [5.41, 5.74) is 1.77. The minimum absolute atomic E-state index is 0.0538. The SMILES string of the molecule is CN(C)S(=O)(=O)CCNC(=O)[C@@H](Cc1ccc(O)cc1)c1ccccc1. The van der Waals surface area contributed by atoms with Crippen molar-refractivity contribution in [1.82, 2.24) is 9.62 Å².